The summed E-state index contributed by atoms with van der Waals surface area (Å²) in [6.07, 6.45) is 5.11. The third kappa shape index (κ3) is 2.13. The van der Waals surface area contributed by atoms with Crippen LogP contribution in [-0.4, -0.2) is 21.4 Å². The topological polar surface area (TPSA) is 20.2 Å². The van der Waals surface area contributed by atoms with E-state index >= 15 is 0 Å². The maximum absolute atomic E-state index is 9.13. The van der Waals surface area contributed by atoms with Gasteiger partial charge in [-0.2, -0.15) is 0 Å². The maximum atomic E-state index is 9.13. The molecule has 0 aromatic heterocycles. The molecular weight excluding hydrogens is 296 g/mol. The lowest BCUT2D eigenvalue weighted by atomic mass is 10.0. The first-order valence-electron chi connectivity index (χ1n) is 5.13. The number of halogens is 2. The molecule has 3 heteroatoms. The Morgan fingerprint density at radius 2 is 1.38 bits per heavy atom. The first kappa shape index (κ1) is 10.4. The van der Waals surface area contributed by atoms with Crippen molar-refractivity contribution >= 4 is 31.9 Å². The summed E-state index contributed by atoms with van der Waals surface area (Å²) in [5.74, 6) is 2.31. The fourth-order valence-electron chi connectivity index (χ4n) is 2.72. The molecular formula is C10H16Br2O. The summed E-state index contributed by atoms with van der Waals surface area (Å²) >= 11 is 7.43. The molecule has 0 radical (unpaired) electrons. The number of alkyl halides is 2. The Hall–Kier alpha value is 0.920. The highest BCUT2D eigenvalue weighted by atomic mass is 79.9. The van der Waals surface area contributed by atoms with Gasteiger partial charge in [-0.15, -0.1) is 0 Å². The number of aliphatic hydroxyl groups is 1. The highest BCUT2D eigenvalue weighted by molar-refractivity contribution is 9.12. The van der Waals surface area contributed by atoms with E-state index in [1.807, 2.05) is 0 Å². The second kappa shape index (κ2) is 4.19. The van der Waals surface area contributed by atoms with E-state index in [1.165, 1.54) is 25.7 Å². The Labute approximate surface area is 96.5 Å². The molecule has 5 atom stereocenters. The fourth-order valence-corrected chi connectivity index (χ4v) is 3.77. The standard InChI is InChI=1S/C10H16Br2O/c11-9-3-1-6-7(8(6)5-13)2-4-10(9)12/h6-10,13H,1-5H2/t6-,7+,8?,9?,10?. The van der Waals surface area contributed by atoms with Crippen LogP contribution in [0.5, 0.6) is 0 Å². The molecule has 76 valence electrons. The summed E-state index contributed by atoms with van der Waals surface area (Å²) in [5, 5.41) is 9.13. The highest BCUT2D eigenvalue weighted by Gasteiger charge is 2.49. The molecule has 0 aromatic rings. The Morgan fingerprint density at radius 1 is 0.923 bits per heavy atom. The molecule has 1 N–H and O–H groups in total. The van der Waals surface area contributed by atoms with Crippen LogP contribution in [0.1, 0.15) is 25.7 Å². The van der Waals surface area contributed by atoms with Gasteiger partial charge in [0.15, 0.2) is 0 Å². The summed E-state index contributed by atoms with van der Waals surface area (Å²) in [5.41, 5.74) is 0. The van der Waals surface area contributed by atoms with Crippen LogP contribution < -0.4 is 0 Å². The van der Waals surface area contributed by atoms with E-state index < -0.39 is 0 Å². The molecule has 0 aromatic carbocycles. The summed E-state index contributed by atoms with van der Waals surface area (Å²) < 4.78 is 0. The summed E-state index contributed by atoms with van der Waals surface area (Å²) in [4.78, 5) is 1.27. The molecule has 0 aliphatic heterocycles. The molecule has 0 saturated heterocycles. The van der Waals surface area contributed by atoms with E-state index in [1.54, 1.807) is 0 Å². The zero-order valence-corrected chi connectivity index (χ0v) is 10.8. The van der Waals surface area contributed by atoms with Crippen molar-refractivity contribution in [2.45, 2.75) is 35.3 Å². The van der Waals surface area contributed by atoms with Crippen LogP contribution in [0.3, 0.4) is 0 Å². The van der Waals surface area contributed by atoms with E-state index in [-0.39, 0.29) is 0 Å². The van der Waals surface area contributed by atoms with E-state index in [0.29, 0.717) is 22.2 Å². The van der Waals surface area contributed by atoms with Crippen molar-refractivity contribution in [3.63, 3.8) is 0 Å². The lowest BCUT2D eigenvalue weighted by Crippen LogP contribution is -2.16. The first-order valence-corrected chi connectivity index (χ1v) is 6.96. The quantitative estimate of drug-likeness (QED) is 0.738. The van der Waals surface area contributed by atoms with Gasteiger partial charge in [-0.05, 0) is 43.4 Å². The van der Waals surface area contributed by atoms with Gasteiger partial charge in [-0.25, -0.2) is 0 Å². The Bertz CT molecular complexity index is 168. The molecule has 2 fully saturated rings. The fraction of sp³-hybridized carbons (Fsp3) is 1.00. The highest BCUT2D eigenvalue weighted by Crippen LogP contribution is 2.54. The second-order valence-corrected chi connectivity index (χ2v) is 6.71. The van der Waals surface area contributed by atoms with Gasteiger partial charge in [0.2, 0.25) is 0 Å². The Balaban J connectivity index is 1.90. The lowest BCUT2D eigenvalue weighted by Gasteiger charge is -2.18. The molecule has 2 rings (SSSR count). The van der Waals surface area contributed by atoms with Gasteiger partial charge in [0.25, 0.3) is 0 Å². The maximum Gasteiger partial charge on any atom is 0.0464 e. The van der Waals surface area contributed by atoms with Crippen molar-refractivity contribution in [2.24, 2.45) is 17.8 Å². The van der Waals surface area contributed by atoms with Crippen molar-refractivity contribution in [3.8, 4) is 0 Å². The molecule has 2 aliphatic rings. The van der Waals surface area contributed by atoms with E-state index in [4.69, 9.17) is 5.11 Å². The normalized spacial score (nSPS) is 50.5. The van der Waals surface area contributed by atoms with Gasteiger partial charge in [0, 0.05) is 16.3 Å². The van der Waals surface area contributed by atoms with Gasteiger partial charge in [0.1, 0.15) is 0 Å². The van der Waals surface area contributed by atoms with Crippen LogP contribution in [0.4, 0.5) is 0 Å². The summed E-state index contributed by atoms with van der Waals surface area (Å²) in [7, 11) is 0. The predicted octanol–water partition coefficient (Wildman–Crippen LogP) is 2.94. The molecule has 13 heavy (non-hydrogen) atoms. The minimum absolute atomic E-state index is 0.412. The van der Waals surface area contributed by atoms with Crippen LogP contribution in [0.25, 0.3) is 0 Å². The van der Waals surface area contributed by atoms with E-state index in [0.717, 1.165) is 11.8 Å². The SMILES string of the molecule is OCC1[C@H]2CCC(Br)C(Br)CC[C@@H]12. The van der Waals surface area contributed by atoms with E-state index in [9.17, 15) is 0 Å². The molecule has 0 bridgehead atoms. The molecule has 3 unspecified atom stereocenters. The van der Waals surface area contributed by atoms with Gasteiger partial charge in [-0.3, -0.25) is 0 Å². The van der Waals surface area contributed by atoms with Crippen LogP contribution >= 0.6 is 31.9 Å². The van der Waals surface area contributed by atoms with Crippen molar-refractivity contribution in [3.05, 3.63) is 0 Å². The minimum atomic E-state index is 0.412. The molecule has 0 amide bonds. The number of aliphatic hydroxyl groups excluding tert-OH is 1. The number of rotatable bonds is 1. The van der Waals surface area contributed by atoms with Crippen LogP contribution in [-0.2, 0) is 0 Å². The first-order chi connectivity index (χ1) is 6.24. The zero-order valence-electron chi connectivity index (χ0n) is 7.63. The molecule has 0 spiro atoms. The monoisotopic (exact) mass is 310 g/mol. The summed E-state index contributed by atoms with van der Waals surface area (Å²) in [6.45, 7) is 0.412. The average molecular weight is 312 g/mol. The Kier molecular flexibility index (Phi) is 3.37. The number of hydrogen-bond acceptors (Lipinski definition) is 1. The van der Waals surface area contributed by atoms with Gasteiger partial charge in [0.05, 0.1) is 0 Å². The molecule has 0 heterocycles. The molecule has 1 nitrogen and oxygen atoms in total. The minimum Gasteiger partial charge on any atom is -0.396 e. The lowest BCUT2D eigenvalue weighted by molar-refractivity contribution is 0.262. The average Bonchev–Trinajstić information content (AvgIpc) is 2.80. The number of fused-ring (bicyclic) bond motifs is 1. The van der Waals surface area contributed by atoms with Gasteiger partial charge >= 0.3 is 0 Å². The van der Waals surface area contributed by atoms with Gasteiger partial charge < -0.3 is 5.11 Å². The second-order valence-electron chi connectivity index (χ2n) is 4.36. The van der Waals surface area contributed by atoms with Crippen molar-refractivity contribution in [2.75, 3.05) is 6.61 Å². The van der Waals surface area contributed by atoms with Crippen molar-refractivity contribution in [1.29, 1.82) is 0 Å². The van der Waals surface area contributed by atoms with Crippen LogP contribution in [0, 0.1) is 17.8 Å². The largest absolute Gasteiger partial charge is 0.396 e. The predicted molar refractivity (Wildman–Crippen MR) is 61.5 cm³/mol. The van der Waals surface area contributed by atoms with Gasteiger partial charge in [-0.1, -0.05) is 31.9 Å². The third-order valence-electron chi connectivity index (χ3n) is 3.66. The van der Waals surface area contributed by atoms with Crippen LogP contribution in [0.15, 0.2) is 0 Å². The summed E-state index contributed by atoms with van der Waals surface area (Å²) in [6, 6.07) is 0. The van der Waals surface area contributed by atoms with E-state index in [2.05, 4.69) is 31.9 Å². The molecule has 2 saturated carbocycles. The van der Waals surface area contributed by atoms with Crippen molar-refractivity contribution < 1.29 is 5.11 Å². The van der Waals surface area contributed by atoms with Crippen molar-refractivity contribution in [1.82, 2.24) is 0 Å². The zero-order chi connectivity index (χ0) is 9.42. The Morgan fingerprint density at radius 3 is 1.77 bits per heavy atom. The number of hydrogen-bond donors (Lipinski definition) is 1. The third-order valence-corrected chi connectivity index (χ3v) is 6.57. The van der Waals surface area contributed by atoms with Crippen LogP contribution in [0.2, 0.25) is 0 Å². The molecule has 2 aliphatic carbocycles. The smallest absolute Gasteiger partial charge is 0.0464 e.